The highest BCUT2D eigenvalue weighted by atomic mass is 79.9. The van der Waals surface area contributed by atoms with E-state index in [0.29, 0.717) is 35.1 Å². The Hall–Kier alpha value is -3.10. The predicted molar refractivity (Wildman–Crippen MR) is 121 cm³/mol. The number of benzene rings is 2. The van der Waals surface area contributed by atoms with Crippen molar-refractivity contribution in [1.82, 2.24) is 4.98 Å². The van der Waals surface area contributed by atoms with Crippen LogP contribution < -0.4 is 14.6 Å². The third kappa shape index (κ3) is 4.03. The minimum absolute atomic E-state index is 0.264. The number of pyridine rings is 1. The number of carbonyl (C=O) groups is 1. The Bertz CT molecular complexity index is 1070. The summed E-state index contributed by atoms with van der Waals surface area (Å²) in [5, 5.41) is 6.00. The van der Waals surface area contributed by atoms with Crippen molar-refractivity contribution in [2.75, 3.05) is 16.5 Å². The maximum atomic E-state index is 13.3. The molecule has 0 fully saturated rings. The van der Waals surface area contributed by atoms with Gasteiger partial charge in [0.25, 0.3) is 0 Å². The number of hydrazone groups is 1. The number of rotatable bonds is 5. The first-order valence-electron chi connectivity index (χ1n) is 8.73. The van der Waals surface area contributed by atoms with Crippen molar-refractivity contribution < 1.29 is 9.53 Å². The summed E-state index contributed by atoms with van der Waals surface area (Å²) in [7, 11) is 0. The van der Waals surface area contributed by atoms with Crippen molar-refractivity contribution in [3.05, 3.63) is 83.1 Å². The summed E-state index contributed by atoms with van der Waals surface area (Å²) >= 11 is 8.23. The lowest BCUT2D eigenvalue weighted by Gasteiger charge is -2.33. The van der Waals surface area contributed by atoms with Gasteiger partial charge in [-0.3, -0.25) is 9.88 Å². The van der Waals surface area contributed by atoms with Crippen LogP contribution in [0, 0.1) is 0 Å². The van der Waals surface area contributed by atoms with Gasteiger partial charge in [0.05, 0.1) is 17.9 Å². The lowest BCUT2D eigenvalue weighted by atomic mass is 10.2. The smallest absolute Gasteiger partial charge is 0.350 e. The lowest BCUT2D eigenvalue weighted by molar-refractivity contribution is 0.251. The minimum Gasteiger partial charge on any atom is -0.454 e. The van der Waals surface area contributed by atoms with Crippen LogP contribution in [-0.4, -0.2) is 28.8 Å². The quantitative estimate of drug-likeness (QED) is 0.494. The number of nitrogens with zero attached hydrogens (tertiary/aromatic N) is 4. The number of aromatic nitrogens is 1. The highest BCUT2D eigenvalue weighted by Gasteiger charge is 2.32. The van der Waals surface area contributed by atoms with Gasteiger partial charge in [0.1, 0.15) is 11.5 Å². The van der Waals surface area contributed by atoms with Crippen LogP contribution in [0.3, 0.4) is 0 Å². The molecule has 8 heteroatoms. The maximum absolute atomic E-state index is 13.3. The molecule has 0 N–H and O–H groups in total. The number of ether oxygens (including phenoxy) is 1. The van der Waals surface area contributed by atoms with Gasteiger partial charge in [-0.25, -0.2) is 4.79 Å². The summed E-state index contributed by atoms with van der Waals surface area (Å²) in [6.07, 6.45) is 1.71. The molecule has 0 aliphatic carbocycles. The summed E-state index contributed by atoms with van der Waals surface area (Å²) in [5.74, 6) is 0.606. The summed E-state index contributed by atoms with van der Waals surface area (Å²) in [6.45, 7) is 0.296. The standard InChI is InChI=1S/C21H15BrN4O2S/c22-17-5-1-2-7-20(17)26-21(27)25(15-8-10-16(11-9-15)28-14-29)13-19(24-26)18-6-3-4-12-23-18/h1-12,14H,13H2. The van der Waals surface area contributed by atoms with E-state index in [-0.39, 0.29) is 6.03 Å². The fraction of sp³-hybridized carbons (Fsp3) is 0.0476. The topological polar surface area (TPSA) is 58.0 Å². The molecular formula is C21H15BrN4O2S. The number of anilines is 2. The molecule has 2 heterocycles. The zero-order chi connectivity index (χ0) is 20.2. The van der Waals surface area contributed by atoms with E-state index in [4.69, 9.17) is 17.0 Å². The molecule has 1 aliphatic rings. The number of halogens is 1. The van der Waals surface area contributed by atoms with Crippen molar-refractivity contribution in [1.29, 1.82) is 0 Å². The molecular weight excluding hydrogens is 452 g/mol. The Morgan fingerprint density at radius 1 is 1.03 bits per heavy atom. The average molecular weight is 467 g/mol. The van der Waals surface area contributed by atoms with E-state index < -0.39 is 0 Å². The van der Waals surface area contributed by atoms with Gasteiger partial charge >= 0.3 is 6.03 Å². The Morgan fingerprint density at radius 2 is 1.79 bits per heavy atom. The molecule has 6 nitrogen and oxygen atoms in total. The first-order chi connectivity index (χ1) is 14.2. The summed E-state index contributed by atoms with van der Waals surface area (Å²) < 4.78 is 5.98. The predicted octanol–water partition coefficient (Wildman–Crippen LogP) is 5.03. The SMILES string of the molecule is O=C1N(c2ccc(OC=S)cc2)CC(c2ccccn2)=NN1c1ccccc1Br. The molecule has 1 aromatic heterocycles. The fourth-order valence-corrected chi connectivity index (χ4v) is 3.50. The lowest BCUT2D eigenvalue weighted by Crippen LogP contribution is -2.49. The highest BCUT2D eigenvalue weighted by Crippen LogP contribution is 2.31. The normalized spacial score (nSPS) is 13.8. The van der Waals surface area contributed by atoms with Crippen LogP contribution in [-0.2, 0) is 0 Å². The summed E-state index contributed by atoms with van der Waals surface area (Å²) in [5.41, 5.74) is 3.95. The highest BCUT2D eigenvalue weighted by molar-refractivity contribution is 9.10. The van der Waals surface area contributed by atoms with Crippen molar-refractivity contribution in [2.24, 2.45) is 5.10 Å². The second-order valence-electron chi connectivity index (χ2n) is 6.10. The van der Waals surface area contributed by atoms with Crippen molar-refractivity contribution in [3.63, 3.8) is 0 Å². The zero-order valence-corrected chi connectivity index (χ0v) is 17.5. The van der Waals surface area contributed by atoms with Crippen molar-refractivity contribution in [3.8, 4) is 5.75 Å². The van der Waals surface area contributed by atoms with Crippen molar-refractivity contribution >= 4 is 56.8 Å². The Kier molecular flexibility index (Phi) is 5.64. The van der Waals surface area contributed by atoms with Crippen LogP contribution in [0.2, 0.25) is 0 Å². The maximum Gasteiger partial charge on any atom is 0.350 e. The molecule has 0 saturated carbocycles. The van der Waals surface area contributed by atoms with E-state index in [0.717, 1.165) is 4.47 Å². The summed E-state index contributed by atoms with van der Waals surface area (Å²) in [4.78, 5) is 19.4. The molecule has 3 aromatic rings. The molecule has 0 bridgehead atoms. The third-order valence-corrected chi connectivity index (χ3v) is 5.08. The molecule has 0 unspecified atom stereocenters. The van der Waals surface area contributed by atoms with Crippen LogP contribution >= 0.6 is 28.1 Å². The summed E-state index contributed by atoms with van der Waals surface area (Å²) in [6, 6.07) is 20.0. The number of para-hydroxylation sites is 1. The van der Waals surface area contributed by atoms with E-state index in [2.05, 4.69) is 26.0 Å². The number of carbonyl (C=O) groups excluding carboxylic acids is 1. The number of hydrogen-bond donors (Lipinski definition) is 0. The number of urea groups is 1. The first kappa shape index (κ1) is 19.2. The zero-order valence-electron chi connectivity index (χ0n) is 15.1. The molecule has 144 valence electrons. The fourth-order valence-electron chi connectivity index (χ4n) is 2.93. The molecule has 0 spiro atoms. The van der Waals surface area contributed by atoms with E-state index in [1.165, 1.54) is 10.6 Å². The Labute approximate surface area is 181 Å². The van der Waals surface area contributed by atoms with Gasteiger partial charge in [0.15, 0.2) is 5.55 Å². The van der Waals surface area contributed by atoms with Gasteiger partial charge < -0.3 is 4.74 Å². The van der Waals surface area contributed by atoms with Gasteiger partial charge in [0, 0.05) is 16.4 Å². The Balaban J connectivity index is 1.77. The van der Waals surface area contributed by atoms with Gasteiger partial charge in [-0.15, -0.1) is 0 Å². The number of thiocarbonyl (C=S) groups is 1. The Morgan fingerprint density at radius 3 is 2.48 bits per heavy atom. The van der Waals surface area contributed by atoms with Gasteiger partial charge in [-0.05, 0) is 76.7 Å². The third-order valence-electron chi connectivity index (χ3n) is 4.31. The monoisotopic (exact) mass is 466 g/mol. The second-order valence-corrected chi connectivity index (χ2v) is 7.15. The number of hydrogen-bond acceptors (Lipinski definition) is 5. The molecule has 4 rings (SSSR count). The van der Waals surface area contributed by atoms with Gasteiger partial charge in [-0.1, -0.05) is 18.2 Å². The number of amides is 2. The van der Waals surface area contributed by atoms with Crippen molar-refractivity contribution in [2.45, 2.75) is 0 Å². The molecule has 0 saturated heterocycles. The molecule has 29 heavy (non-hydrogen) atoms. The van der Waals surface area contributed by atoms with Crippen LogP contribution in [0.25, 0.3) is 0 Å². The second kappa shape index (κ2) is 8.50. The van der Waals surface area contributed by atoms with E-state index >= 15 is 0 Å². The minimum atomic E-state index is -0.264. The van der Waals surface area contributed by atoms with E-state index in [1.807, 2.05) is 54.6 Å². The molecule has 0 atom stereocenters. The van der Waals surface area contributed by atoms with Crippen LogP contribution in [0.5, 0.6) is 5.75 Å². The van der Waals surface area contributed by atoms with Gasteiger partial charge in [0.2, 0.25) is 0 Å². The molecule has 2 amide bonds. The molecule has 1 aliphatic heterocycles. The average Bonchev–Trinajstić information content (AvgIpc) is 2.76. The van der Waals surface area contributed by atoms with E-state index in [9.17, 15) is 4.79 Å². The largest absolute Gasteiger partial charge is 0.454 e. The first-order valence-corrected chi connectivity index (χ1v) is 9.99. The molecule has 0 radical (unpaired) electrons. The van der Waals surface area contributed by atoms with Crippen LogP contribution in [0.1, 0.15) is 5.69 Å². The van der Waals surface area contributed by atoms with Crippen LogP contribution in [0.15, 0.2) is 82.5 Å². The van der Waals surface area contributed by atoms with Crippen LogP contribution in [0.4, 0.5) is 16.2 Å². The van der Waals surface area contributed by atoms with Gasteiger partial charge in [-0.2, -0.15) is 10.1 Å². The molecule has 2 aromatic carbocycles. The van der Waals surface area contributed by atoms with E-state index in [1.54, 1.807) is 23.2 Å².